The Bertz CT molecular complexity index is 706. The van der Waals surface area contributed by atoms with Crippen molar-refractivity contribution in [3.8, 4) is 0 Å². The third-order valence-corrected chi connectivity index (χ3v) is 4.66. The van der Waals surface area contributed by atoms with Gasteiger partial charge in [0.05, 0.1) is 24.0 Å². The molecule has 0 saturated carbocycles. The third kappa shape index (κ3) is 3.24. The van der Waals surface area contributed by atoms with Crippen LogP contribution in [0.15, 0.2) is 18.2 Å². The highest BCUT2D eigenvalue weighted by Gasteiger charge is 2.37. The van der Waals surface area contributed by atoms with Gasteiger partial charge in [-0.25, -0.2) is 0 Å². The lowest BCUT2D eigenvalue weighted by atomic mass is 10.1. The molecule has 8 nitrogen and oxygen atoms in total. The topological polar surface area (TPSA) is 91.0 Å². The van der Waals surface area contributed by atoms with Gasteiger partial charge in [-0.15, -0.1) is 0 Å². The highest BCUT2D eigenvalue weighted by Crippen LogP contribution is 2.42. The van der Waals surface area contributed by atoms with Gasteiger partial charge in [-0.2, -0.15) is 0 Å². The molecule has 0 aromatic heterocycles. The number of amides is 2. The van der Waals surface area contributed by atoms with Gasteiger partial charge < -0.3 is 25.2 Å². The second-order valence-electron chi connectivity index (χ2n) is 6.11. The molecule has 0 radical (unpaired) electrons. The van der Waals surface area contributed by atoms with E-state index in [9.17, 15) is 14.4 Å². The Morgan fingerprint density at radius 2 is 2.20 bits per heavy atom. The van der Waals surface area contributed by atoms with Crippen LogP contribution in [-0.2, 0) is 14.3 Å². The zero-order valence-corrected chi connectivity index (χ0v) is 14.4. The Morgan fingerprint density at radius 3 is 2.96 bits per heavy atom. The van der Waals surface area contributed by atoms with Gasteiger partial charge in [-0.1, -0.05) is 6.07 Å². The van der Waals surface area contributed by atoms with E-state index >= 15 is 0 Å². The Hall–Kier alpha value is -2.77. The van der Waals surface area contributed by atoms with Gasteiger partial charge in [0.2, 0.25) is 5.91 Å². The maximum atomic E-state index is 12.2. The van der Waals surface area contributed by atoms with E-state index in [1.165, 1.54) is 7.11 Å². The molecule has 25 heavy (non-hydrogen) atoms. The van der Waals surface area contributed by atoms with Crippen LogP contribution in [0.3, 0.4) is 0 Å². The van der Waals surface area contributed by atoms with Crippen LogP contribution in [0.1, 0.15) is 23.2 Å². The summed E-state index contributed by atoms with van der Waals surface area (Å²) in [7, 11) is 3.25. The molecule has 0 bridgehead atoms. The van der Waals surface area contributed by atoms with Crippen LogP contribution in [0, 0.1) is 0 Å². The average molecular weight is 346 g/mol. The molecule has 1 unspecified atom stereocenters. The quantitative estimate of drug-likeness (QED) is 0.734. The van der Waals surface area contributed by atoms with Crippen molar-refractivity contribution in [1.29, 1.82) is 0 Å². The van der Waals surface area contributed by atoms with E-state index in [1.807, 2.05) is 25.2 Å². The lowest BCUT2D eigenvalue weighted by Crippen LogP contribution is -2.44. The molecule has 1 aromatic rings. The molecule has 1 atom stereocenters. The van der Waals surface area contributed by atoms with Crippen molar-refractivity contribution >= 4 is 29.2 Å². The van der Waals surface area contributed by atoms with Gasteiger partial charge in [-0.3, -0.25) is 14.4 Å². The predicted octanol–water partition coefficient (Wildman–Crippen LogP) is 0.0817. The van der Waals surface area contributed by atoms with E-state index in [0.29, 0.717) is 25.1 Å². The lowest BCUT2D eigenvalue weighted by molar-refractivity contribution is -0.141. The van der Waals surface area contributed by atoms with Gasteiger partial charge in [0, 0.05) is 26.6 Å². The van der Waals surface area contributed by atoms with E-state index in [2.05, 4.69) is 25.2 Å². The Kier molecular flexibility index (Phi) is 4.78. The van der Waals surface area contributed by atoms with Crippen molar-refractivity contribution in [2.24, 2.45) is 0 Å². The van der Waals surface area contributed by atoms with Gasteiger partial charge in [0.1, 0.15) is 12.7 Å². The summed E-state index contributed by atoms with van der Waals surface area (Å²) < 4.78 is 4.51. The van der Waals surface area contributed by atoms with Crippen molar-refractivity contribution in [3.05, 3.63) is 23.8 Å². The molecule has 8 heteroatoms. The standard InChI is InChI=1S/C17H22N4O4/c1-20-12-5-3-4-11-16(12)21(9-8-18-17(11)24)14(20)7-6-13(22)19-10-15(23)25-2/h3-5,14H,6-10H2,1-2H3,(H,18,24)(H,19,22). The number of hydrogen-bond donors (Lipinski definition) is 2. The lowest BCUT2D eigenvalue weighted by Gasteiger charge is -2.30. The molecular weight excluding hydrogens is 324 g/mol. The van der Waals surface area contributed by atoms with Gasteiger partial charge in [0.25, 0.3) is 5.91 Å². The fraction of sp³-hybridized carbons (Fsp3) is 0.471. The van der Waals surface area contributed by atoms with Gasteiger partial charge in [0.15, 0.2) is 0 Å². The Morgan fingerprint density at radius 1 is 1.40 bits per heavy atom. The monoisotopic (exact) mass is 346 g/mol. The molecule has 0 saturated heterocycles. The molecule has 134 valence electrons. The number of para-hydroxylation sites is 1. The van der Waals surface area contributed by atoms with Crippen molar-refractivity contribution in [1.82, 2.24) is 10.6 Å². The number of ether oxygens (including phenoxy) is 1. The molecule has 2 heterocycles. The summed E-state index contributed by atoms with van der Waals surface area (Å²) in [6, 6.07) is 5.69. The van der Waals surface area contributed by atoms with E-state index in [0.717, 1.165) is 11.4 Å². The Balaban J connectivity index is 1.71. The number of nitrogens with one attached hydrogen (secondary N) is 2. The number of rotatable bonds is 5. The molecule has 2 amide bonds. The molecule has 0 spiro atoms. The van der Waals surface area contributed by atoms with E-state index in [4.69, 9.17) is 0 Å². The maximum absolute atomic E-state index is 12.2. The summed E-state index contributed by atoms with van der Waals surface area (Å²) >= 11 is 0. The number of nitrogens with zero attached hydrogens (tertiary/aromatic N) is 2. The number of carbonyl (C=O) groups is 3. The minimum absolute atomic E-state index is 0.00673. The first-order chi connectivity index (χ1) is 12.0. The number of methoxy groups -OCH3 is 1. The molecule has 0 aliphatic carbocycles. The number of benzene rings is 1. The smallest absolute Gasteiger partial charge is 0.325 e. The number of anilines is 2. The molecule has 2 aliphatic heterocycles. The summed E-state index contributed by atoms with van der Waals surface area (Å²) in [4.78, 5) is 39.6. The molecule has 1 aromatic carbocycles. The zero-order valence-electron chi connectivity index (χ0n) is 14.4. The zero-order chi connectivity index (χ0) is 18.0. The molecule has 0 fully saturated rings. The highest BCUT2D eigenvalue weighted by molar-refractivity contribution is 6.04. The number of esters is 1. The summed E-state index contributed by atoms with van der Waals surface area (Å²) in [5.74, 6) is -0.733. The van der Waals surface area contributed by atoms with E-state index in [-0.39, 0.29) is 30.9 Å². The number of hydrogen-bond acceptors (Lipinski definition) is 6. The Labute approximate surface area is 146 Å². The highest BCUT2D eigenvalue weighted by atomic mass is 16.5. The molecule has 2 aliphatic rings. The molecular formula is C17H22N4O4. The normalized spacial score (nSPS) is 18.3. The van der Waals surface area contributed by atoms with Crippen LogP contribution in [-0.4, -0.2) is 57.7 Å². The van der Waals surface area contributed by atoms with Crippen LogP contribution < -0.4 is 20.4 Å². The summed E-state index contributed by atoms with van der Waals surface area (Å²) in [6.45, 7) is 1.13. The van der Waals surface area contributed by atoms with Crippen LogP contribution in [0.5, 0.6) is 0 Å². The first kappa shape index (κ1) is 17.1. The summed E-state index contributed by atoms with van der Waals surface area (Å²) in [6.07, 6.45) is 0.867. The predicted molar refractivity (Wildman–Crippen MR) is 92.6 cm³/mol. The first-order valence-electron chi connectivity index (χ1n) is 8.27. The maximum Gasteiger partial charge on any atom is 0.325 e. The minimum atomic E-state index is -0.472. The van der Waals surface area contributed by atoms with Crippen molar-refractivity contribution in [3.63, 3.8) is 0 Å². The average Bonchev–Trinajstić information content (AvgIpc) is 2.77. The van der Waals surface area contributed by atoms with Crippen molar-refractivity contribution < 1.29 is 19.1 Å². The van der Waals surface area contributed by atoms with Crippen LogP contribution >= 0.6 is 0 Å². The molecule has 3 rings (SSSR count). The second kappa shape index (κ2) is 7.00. The minimum Gasteiger partial charge on any atom is -0.468 e. The molecule has 2 N–H and O–H groups in total. The first-order valence-corrected chi connectivity index (χ1v) is 8.27. The summed E-state index contributed by atoms with van der Waals surface area (Å²) in [5, 5.41) is 5.46. The van der Waals surface area contributed by atoms with Gasteiger partial charge in [-0.05, 0) is 18.6 Å². The van der Waals surface area contributed by atoms with Crippen molar-refractivity contribution in [2.75, 3.05) is 43.6 Å². The van der Waals surface area contributed by atoms with Crippen LogP contribution in [0.4, 0.5) is 11.4 Å². The van der Waals surface area contributed by atoms with E-state index < -0.39 is 5.97 Å². The van der Waals surface area contributed by atoms with Crippen LogP contribution in [0.25, 0.3) is 0 Å². The second-order valence-corrected chi connectivity index (χ2v) is 6.11. The van der Waals surface area contributed by atoms with Crippen LogP contribution in [0.2, 0.25) is 0 Å². The third-order valence-electron chi connectivity index (χ3n) is 4.66. The number of carbonyl (C=O) groups excluding carboxylic acids is 3. The SMILES string of the molecule is COC(=O)CNC(=O)CCC1N(C)c2cccc3c2N1CCNC3=O. The largest absolute Gasteiger partial charge is 0.468 e. The van der Waals surface area contributed by atoms with E-state index in [1.54, 1.807) is 0 Å². The van der Waals surface area contributed by atoms with Crippen molar-refractivity contribution in [2.45, 2.75) is 19.0 Å². The fourth-order valence-electron chi connectivity index (χ4n) is 3.41. The fourth-order valence-corrected chi connectivity index (χ4v) is 3.41. The summed E-state index contributed by atoms with van der Waals surface area (Å²) in [5.41, 5.74) is 2.59. The van der Waals surface area contributed by atoms with Gasteiger partial charge >= 0.3 is 5.97 Å².